The minimum atomic E-state index is -3.75. The van der Waals surface area contributed by atoms with Gasteiger partial charge in [0.1, 0.15) is 17.7 Å². The lowest BCUT2D eigenvalue weighted by Gasteiger charge is -2.26. The summed E-state index contributed by atoms with van der Waals surface area (Å²) in [6, 6.07) is 16.6. The van der Waals surface area contributed by atoms with Crippen LogP contribution >= 0.6 is 0 Å². The molecule has 0 heterocycles. The molecular weight excluding hydrogens is 394 g/mol. The highest BCUT2D eigenvalue weighted by atomic mass is 32.2. The molecular formula is C24H25N3O2S. The van der Waals surface area contributed by atoms with E-state index in [1.807, 2.05) is 56.3 Å². The van der Waals surface area contributed by atoms with Gasteiger partial charge in [0.2, 0.25) is 10.0 Å². The molecule has 1 aliphatic rings. The van der Waals surface area contributed by atoms with Crippen molar-refractivity contribution in [3.8, 4) is 12.1 Å². The second kappa shape index (κ2) is 8.83. The number of hydrogen-bond acceptors (Lipinski definition) is 4. The van der Waals surface area contributed by atoms with Crippen molar-refractivity contribution in [2.75, 3.05) is 0 Å². The highest BCUT2D eigenvalue weighted by Gasteiger charge is 2.37. The molecule has 1 N–H and O–H groups in total. The maximum Gasteiger partial charge on any atom is 0.241 e. The summed E-state index contributed by atoms with van der Waals surface area (Å²) in [6.07, 6.45) is 1.98. The molecule has 3 rings (SSSR count). The van der Waals surface area contributed by atoms with Crippen LogP contribution in [-0.2, 0) is 16.4 Å². The quantitative estimate of drug-likeness (QED) is 0.701. The van der Waals surface area contributed by atoms with Crippen LogP contribution in [0.3, 0.4) is 0 Å². The first-order valence-electron chi connectivity index (χ1n) is 10.0. The Bertz CT molecular complexity index is 1170. The smallest absolute Gasteiger partial charge is 0.207 e. The van der Waals surface area contributed by atoms with Crippen molar-refractivity contribution < 1.29 is 8.42 Å². The fourth-order valence-electron chi connectivity index (χ4n) is 4.33. The number of aryl methyl sites for hydroxylation is 2. The summed E-state index contributed by atoms with van der Waals surface area (Å²) in [5.41, 5.74) is 4.30. The molecule has 0 saturated carbocycles. The number of nitriles is 2. The third kappa shape index (κ3) is 4.16. The summed E-state index contributed by atoms with van der Waals surface area (Å²) >= 11 is 0. The van der Waals surface area contributed by atoms with Gasteiger partial charge in [0.05, 0.1) is 4.90 Å². The first-order valence-corrected chi connectivity index (χ1v) is 11.5. The molecule has 2 atom stereocenters. The molecule has 0 aliphatic heterocycles. The maximum absolute atomic E-state index is 13.2. The SMILES string of the molecule is CCC[C@H](NS(=O)(=O)c1ccc(C)cc1C)[C@@H]1Cc2ccccc2C1=C(C#N)C#N. The number of allylic oxidation sites excluding steroid dienone is 1. The largest absolute Gasteiger partial charge is 0.241 e. The van der Waals surface area contributed by atoms with Crippen LogP contribution in [-0.4, -0.2) is 14.5 Å². The van der Waals surface area contributed by atoms with Crippen molar-refractivity contribution in [2.24, 2.45) is 5.92 Å². The lowest BCUT2D eigenvalue weighted by Crippen LogP contribution is -2.40. The molecule has 1 aliphatic carbocycles. The zero-order chi connectivity index (χ0) is 21.9. The zero-order valence-corrected chi connectivity index (χ0v) is 18.3. The van der Waals surface area contributed by atoms with Crippen molar-refractivity contribution in [3.05, 3.63) is 70.3 Å². The molecule has 154 valence electrons. The Kier molecular flexibility index (Phi) is 6.41. The van der Waals surface area contributed by atoms with Crippen LogP contribution in [0.25, 0.3) is 5.57 Å². The Morgan fingerprint density at radius 2 is 1.87 bits per heavy atom. The highest BCUT2D eigenvalue weighted by Crippen LogP contribution is 2.42. The van der Waals surface area contributed by atoms with E-state index in [0.717, 1.165) is 23.1 Å². The molecule has 0 radical (unpaired) electrons. The summed E-state index contributed by atoms with van der Waals surface area (Å²) < 4.78 is 29.4. The monoisotopic (exact) mass is 419 g/mol. The molecule has 0 amide bonds. The summed E-state index contributed by atoms with van der Waals surface area (Å²) in [5.74, 6) is -0.267. The number of nitrogens with zero attached hydrogens (tertiary/aromatic N) is 2. The first kappa shape index (κ1) is 21.8. The fraction of sp³-hybridized carbons (Fsp3) is 0.333. The second-order valence-electron chi connectivity index (χ2n) is 7.77. The third-order valence-electron chi connectivity index (χ3n) is 5.62. The van der Waals surface area contributed by atoms with E-state index in [-0.39, 0.29) is 16.4 Å². The fourth-order valence-corrected chi connectivity index (χ4v) is 5.86. The van der Waals surface area contributed by atoms with Gasteiger partial charge < -0.3 is 0 Å². The lowest BCUT2D eigenvalue weighted by molar-refractivity contribution is 0.443. The van der Waals surface area contributed by atoms with Crippen LogP contribution in [0.15, 0.2) is 52.9 Å². The molecule has 2 aromatic carbocycles. The van der Waals surface area contributed by atoms with Gasteiger partial charge in [0.25, 0.3) is 0 Å². The van der Waals surface area contributed by atoms with Gasteiger partial charge in [-0.05, 0) is 55.0 Å². The van der Waals surface area contributed by atoms with E-state index in [2.05, 4.69) is 4.72 Å². The van der Waals surface area contributed by atoms with Crippen molar-refractivity contribution in [2.45, 2.75) is 51.0 Å². The van der Waals surface area contributed by atoms with Crippen LogP contribution in [0.5, 0.6) is 0 Å². The Balaban J connectivity index is 2.05. The topological polar surface area (TPSA) is 93.8 Å². The Hall–Kier alpha value is -2.93. The average molecular weight is 420 g/mol. The lowest BCUT2D eigenvalue weighted by atomic mass is 9.87. The number of benzene rings is 2. The Morgan fingerprint density at radius 3 is 2.50 bits per heavy atom. The predicted octanol–water partition coefficient (Wildman–Crippen LogP) is 4.42. The van der Waals surface area contributed by atoms with Crippen molar-refractivity contribution in [1.82, 2.24) is 4.72 Å². The van der Waals surface area contributed by atoms with Crippen molar-refractivity contribution >= 4 is 15.6 Å². The molecule has 5 nitrogen and oxygen atoms in total. The molecule has 6 heteroatoms. The molecule has 0 spiro atoms. The summed E-state index contributed by atoms with van der Waals surface area (Å²) in [5, 5.41) is 19.1. The van der Waals surface area contributed by atoms with Crippen LogP contribution < -0.4 is 4.72 Å². The van der Waals surface area contributed by atoms with Gasteiger partial charge in [-0.2, -0.15) is 10.5 Å². The van der Waals surface area contributed by atoms with E-state index in [1.165, 1.54) is 0 Å². The van der Waals surface area contributed by atoms with E-state index in [1.54, 1.807) is 19.1 Å². The van der Waals surface area contributed by atoms with Crippen LogP contribution in [0.2, 0.25) is 0 Å². The summed E-state index contributed by atoms with van der Waals surface area (Å²) in [7, 11) is -3.75. The van der Waals surface area contributed by atoms with Crippen molar-refractivity contribution in [1.29, 1.82) is 10.5 Å². The van der Waals surface area contributed by atoms with E-state index in [4.69, 9.17) is 0 Å². The number of hydrogen-bond donors (Lipinski definition) is 1. The standard InChI is InChI=1S/C24H25N3O2S/c1-4-7-22(27-30(28,29)23-11-10-16(2)12-17(23)3)21-13-18-8-5-6-9-20(18)24(21)19(14-25)15-26/h5-6,8-12,21-22,27H,4,7,13H2,1-3H3/t21-,22-/m0/s1. The van der Waals surface area contributed by atoms with Gasteiger partial charge in [-0.15, -0.1) is 0 Å². The van der Waals surface area contributed by atoms with E-state index in [9.17, 15) is 18.9 Å². The predicted molar refractivity (Wildman–Crippen MR) is 117 cm³/mol. The van der Waals surface area contributed by atoms with E-state index < -0.39 is 16.1 Å². The third-order valence-corrected chi connectivity index (χ3v) is 7.27. The normalized spacial score (nSPS) is 16.4. The number of fused-ring (bicyclic) bond motifs is 1. The maximum atomic E-state index is 13.2. The van der Waals surface area contributed by atoms with Gasteiger partial charge >= 0.3 is 0 Å². The van der Waals surface area contributed by atoms with Gasteiger partial charge in [0, 0.05) is 12.0 Å². The van der Waals surface area contributed by atoms with Gasteiger partial charge in [-0.1, -0.05) is 55.3 Å². The van der Waals surface area contributed by atoms with Gasteiger partial charge in [-0.3, -0.25) is 0 Å². The average Bonchev–Trinajstić information content (AvgIpc) is 3.08. The number of rotatable bonds is 6. The molecule has 0 bridgehead atoms. The molecule has 0 saturated heterocycles. The molecule has 0 aromatic heterocycles. The van der Waals surface area contributed by atoms with E-state index in [0.29, 0.717) is 24.0 Å². The summed E-state index contributed by atoms with van der Waals surface area (Å²) in [4.78, 5) is 0.260. The molecule has 2 aromatic rings. The van der Waals surface area contributed by atoms with Gasteiger partial charge in [-0.25, -0.2) is 13.1 Å². The highest BCUT2D eigenvalue weighted by molar-refractivity contribution is 7.89. The van der Waals surface area contributed by atoms with Crippen molar-refractivity contribution in [3.63, 3.8) is 0 Å². The first-order chi connectivity index (χ1) is 14.3. The molecule has 0 unspecified atom stereocenters. The minimum absolute atomic E-state index is 0.0526. The van der Waals surface area contributed by atoms with Crippen LogP contribution in [0.1, 0.15) is 42.0 Å². The molecule has 0 fully saturated rings. The zero-order valence-electron chi connectivity index (χ0n) is 17.4. The van der Waals surface area contributed by atoms with Gasteiger partial charge in [0.15, 0.2) is 0 Å². The number of sulfonamides is 1. The minimum Gasteiger partial charge on any atom is -0.207 e. The van der Waals surface area contributed by atoms with E-state index >= 15 is 0 Å². The molecule has 30 heavy (non-hydrogen) atoms. The van der Waals surface area contributed by atoms with Crippen LogP contribution in [0, 0.1) is 42.4 Å². The Labute approximate surface area is 178 Å². The summed E-state index contributed by atoms with van der Waals surface area (Å²) in [6.45, 7) is 5.71. The van der Waals surface area contributed by atoms with Crippen LogP contribution in [0.4, 0.5) is 0 Å². The Morgan fingerprint density at radius 1 is 1.17 bits per heavy atom. The second-order valence-corrected chi connectivity index (χ2v) is 9.45. The number of nitrogens with one attached hydrogen (secondary N) is 1.